The van der Waals surface area contributed by atoms with Crippen molar-refractivity contribution in [3.8, 4) is 5.75 Å². The van der Waals surface area contributed by atoms with Crippen molar-refractivity contribution in [2.45, 2.75) is 32.6 Å². The van der Waals surface area contributed by atoms with Gasteiger partial charge in [0.25, 0.3) is 0 Å². The summed E-state index contributed by atoms with van der Waals surface area (Å²) in [5, 5.41) is 3.06. The summed E-state index contributed by atoms with van der Waals surface area (Å²) in [5.74, 6) is 0.661. The summed E-state index contributed by atoms with van der Waals surface area (Å²) in [5.41, 5.74) is 6.86. The Bertz CT molecular complexity index is 461. The van der Waals surface area contributed by atoms with Crippen molar-refractivity contribution < 1.29 is 9.53 Å². The Morgan fingerprint density at radius 3 is 2.75 bits per heavy atom. The molecule has 1 aliphatic rings. The lowest BCUT2D eigenvalue weighted by Crippen LogP contribution is -2.43. The summed E-state index contributed by atoms with van der Waals surface area (Å²) in [6, 6.07) is 7.73. The molecule has 0 fully saturated rings. The van der Waals surface area contributed by atoms with Crippen LogP contribution in [0.25, 0.3) is 0 Å². The van der Waals surface area contributed by atoms with Gasteiger partial charge in [0.05, 0.1) is 0 Å². The van der Waals surface area contributed by atoms with Gasteiger partial charge in [0, 0.05) is 12.1 Å². The van der Waals surface area contributed by atoms with E-state index in [-0.39, 0.29) is 17.2 Å². The fourth-order valence-corrected chi connectivity index (χ4v) is 2.64. The van der Waals surface area contributed by atoms with Crippen LogP contribution in [0.5, 0.6) is 5.75 Å². The van der Waals surface area contributed by atoms with Gasteiger partial charge >= 0.3 is 0 Å². The second-order valence-corrected chi connectivity index (χ2v) is 5.53. The zero-order chi connectivity index (χ0) is 14.6. The third kappa shape index (κ3) is 2.80. The minimum atomic E-state index is -0.199. The van der Waals surface area contributed by atoms with Crippen molar-refractivity contribution in [1.29, 1.82) is 0 Å². The molecule has 1 amide bonds. The molecule has 20 heavy (non-hydrogen) atoms. The third-order valence-electron chi connectivity index (χ3n) is 4.59. The summed E-state index contributed by atoms with van der Waals surface area (Å²) < 4.78 is 5.56. The lowest BCUT2D eigenvalue weighted by atomic mass is 9.82. The molecule has 1 heterocycles. The Hall–Kier alpha value is -1.55. The molecule has 2 rings (SSSR count). The predicted molar refractivity (Wildman–Crippen MR) is 79.8 cm³/mol. The second-order valence-electron chi connectivity index (χ2n) is 5.53. The average molecular weight is 276 g/mol. The maximum atomic E-state index is 12.4. The lowest BCUT2D eigenvalue weighted by molar-refractivity contribution is -0.123. The average Bonchev–Trinajstić information content (AvgIpc) is 2.93. The molecule has 0 saturated heterocycles. The molecule has 0 spiro atoms. The lowest BCUT2D eigenvalue weighted by Gasteiger charge is -2.30. The number of nitrogens with two attached hydrogens (primary N) is 1. The molecule has 3 N–H and O–H groups in total. The Morgan fingerprint density at radius 1 is 1.40 bits per heavy atom. The topological polar surface area (TPSA) is 64.3 Å². The molecule has 1 atom stereocenters. The number of para-hydroxylation sites is 1. The molecule has 1 aromatic carbocycles. The molecule has 0 radical (unpaired) electrons. The maximum Gasteiger partial charge on any atom is 0.231 e. The zero-order valence-electron chi connectivity index (χ0n) is 12.3. The van der Waals surface area contributed by atoms with Crippen molar-refractivity contribution in [2.75, 3.05) is 19.7 Å². The van der Waals surface area contributed by atoms with E-state index in [1.807, 2.05) is 24.3 Å². The van der Waals surface area contributed by atoms with Crippen LogP contribution in [0.4, 0.5) is 0 Å². The van der Waals surface area contributed by atoms with Crippen LogP contribution >= 0.6 is 0 Å². The van der Waals surface area contributed by atoms with Crippen LogP contribution in [0.15, 0.2) is 24.3 Å². The molecule has 1 unspecified atom stereocenters. The number of carbonyl (C=O) groups is 1. The van der Waals surface area contributed by atoms with Crippen molar-refractivity contribution in [3.05, 3.63) is 29.8 Å². The van der Waals surface area contributed by atoms with E-state index in [0.29, 0.717) is 19.7 Å². The number of carbonyl (C=O) groups excluding carboxylic acids is 1. The minimum absolute atomic E-state index is 0.00857. The van der Waals surface area contributed by atoms with Gasteiger partial charge in [0.2, 0.25) is 5.91 Å². The van der Waals surface area contributed by atoms with E-state index in [1.165, 1.54) is 0 Å². The highest BCUT2D eigenvalue weighted by Crippen LogP contribution is 2.33. The van der Waals surface area contributed by atoms with E-state index in [2.05, 4.69) is 19.2 Å². The fraction of sp³-hybridized carbons (Fsp3) is 0.562. The Kier molecular flexibility index (Phi) is 4.65. The monoisotopic (exact) mass is 276 g/mol. The van der Waals surface area contributed by atoms with Gasteiger partial charge in [0.1, 0.15) is 18.3 Å². The standard InChI is InChI=1S/C16H24N2O2/c1-3-16(4-2,10-17)11-18-15(19)13-9-20-14-8-6-5-7-12(13)14/h5-8,13H,3-4,9-11,17H2,1-2H3,(H,18,19). The first-order valence-electron chi connectivity index (χ1n) is 7.35. The van der Waals surface area contributed by atoms with Crippen LogP contribution in [0.3, 0.4) is 0 Å². The SMILES string of the molecule is CCC(CC)(CN)CNC(=O)C1COc2ccccc21. The van der Waals surface area contributed by atoms with E-state index in [0.717, 1.165) is 24.2 Å². The number of ether oxygens (including phenoxy) is 1. The van der Waals surface area contributed by atoms with Gasteiger partial charge in [-0.1, -0.05) is 32.0 Å². The van der Waals surface area contributed by atoms with Crippen molar-refractivity contribution in [1.82, 2.24) is 5.32 Å². The molecule has 0 saturated carbocycles. The highest BCUT2D eigenvalue weighted by Gasteiger charge is 2.32. The molecule has 0 aromatic heterocycles. The number of hydrogen-bond donors (Lipinski definition) is 2. The van der Waals surface area contributed by atoms with Crippen molar-refractivity contribution >= 4 is 5.91 Å². The van der Waals surface area contributed by atoms with E-state index >= 15 is 0 Å². The molecule has 4 nitrogen and oxygen atoms in total. The Labute approximate surface area is 120 Å². The van der Waals surface area contributed by atoms with Gasteiger partial charge in [-0.15, -0.1) is 0 Å². The number of rotatable bonds is 6. The number of fused-ring (bicyclic) bond motifs is 1. The van der Waals surface area contributed by atoms with E-state index < -0.39 is 0 Å². The van der Waals surface area contributed by atoms with E-state index in [4.69, 9.17) is 10.5 Å². The number of amides is 1. The fourth-order valence-electron chi connectivity index (χ4n) is 2.64. The van der Waals surface area contributed by atoms with Gasteiger partial charge in [0.15, 0.2) is 0 Å². The van der Waals surface area contributed by atoms with Crippen LogP contribution < -0.4 is 15.8 Å². The first kappa shape index (κ1) is 14.9. The van der Waals surface area contributed by atoms with Crippen LogP contribution in [0.1, 0.15) is 38.2 Å². The molecular formula is C16H24N2O2. The highest BCUT2D eigenvalue weighted by molar-refractivity contribution is 5.85. The summed E-state index contributed by atoms with van der Waals surface area (Å²) in [6.07, 6.45) is 1.94. The minimum Gasteiger partial charge on any atom is -0.492 e. The first-order chi connectivity index (χ1) is 9.65. The molecule has 4 heteroatoms. The van der Waals surface area contributed by atoms with Crippen LogP contribution in [0.2, 0.25) is 0 Å². The molecule has 110 valence electrons. The van der Waals surface area contributed by atoms with Gasteiger partial charge in [-0.05, 0) is 30.9 Å². The van der Waals surface area contributed by atoms with Crippen molar-refractivity contribution in [3.63, 3.8) is 0 Å². The van der Waals surface area contributed by atoms with Gasteiger partial charge in [-0.3, -0.25) is 4.79 Å². The van der Waals surface area contributed by atoms with E-state index in [1.54, 1.807) is 0 Å². The predicted octanol–water partition coefficient (Wildman–Crippen LogP) is 2.04. The highest BCUT2D eigenvalue weighted by atomic mass is 16.5. The summed E-state index contributed by atoms with van der Waals surface area (Å²) in [4.78, 5) is 12.4. The molecule has 0 aliphatic carbocycles. The molecule has 1 aromatic rings. The molecular weight excluding hydrogens is 252 g/mol. The normalized spacial score (nSPS) is 17.4. The largest absolute Gasteiger partial charge is 0.492 e. The Balaban J connectivity index is 2.00. The molecule has 1 aliphatic heterocycles. The zero-order valence-corrected chi connectivity index (χ0v) is 12.3. The summed E-state index contributed by atoms with van der Waals surface area (Å²) in [7, 11) is 0. The Morgan fingerprint density at radius 2 is 2.10 bits per heavy atom. The number of hydrogen-bond acceptors (Lipinski definition) is 3. The number of nitrogens with one attached hydrogen (secondary N) is 1. The van der Waals surface area contributed by atoms with Gasteiger partial charge in [-0.2, -0.15) is 0 Å². The second kappa shape index (κ2) is 6.27. The summed E-state index contributed by atoms with van der Waals surface area (Å²) in [6.45, 7) is 5.90. The van der Waals surface area contributed by atoms with Gasteiger partial charge in [-0.25, -0.2) is 0 Å². The van der Waals surface area contributed by atoms with Crippen LogP contribution in [-0.2, 0) is 4.79 Å². The summed E-state index contributed by atoms with van der Waals surface area (Å²) >= 11 is 0. The maximum absolute atomic E-state index is 12.4. The van der Waals surface area contributed by atoms with Crippen molar-refractivity contribution in [2.24, 2.45) is 11.1 Å². The smallest absolute Gasteiger partial charge is 0.231 e. The molecule has 0 bridgehead atoms. The number of benzene rings is 1. The quantitative estimate of drug-likeness (QED) is 0.835. The van der Waals surface area contributed by atoms with E-state index in [9.17, 15) is 4.79 Å². The third-order valence-corrected chi connectivity index (χ3v) is 4.59. The first-order valence-corrected chi connectivity index (χ1v) is 7.35. The van der Waals surface area contributed by atoms with Gasteiger partial charge < -0.3 is 15.8 Å². The van der Waals surface area contributed by atoms with Crippen LogP contribution in [-0.4, -0.2) is 25.6 Å². The van der Waals surface area contributed by atoms with Crippen LogP contribution in [0, 0.1) is 5.41 Å².